The fourth-order valence-electron chi connectivity index (χ4n) is 3.19. The fourth-order valence-corrected chi connectivity index (χ4v) is 5.51. The van der Waals surface area contributed by atoms with Gasteiger partial charge in [-0.1, -0.05) is 29.8 Å². The molecule has 1 N–H and O–H groups in total. The predicted octanol–water partition coefficient (Wildman–Crippen LogP) is 4.16. The van der Waals surface area contributed by atoms with E-state index < -0.39 is 10.0 Å². The second-order valence-corrected chi connectivity index (χ2v) is 9.79. The minimum atomic E-state index is -3.46. The molecule has 0 saturated carbocycles. The standard InChI is InChI=1S/C21H21N3O3S2/c1-15-4-6-16(7-5-15)21-23-19(14-28-21)20(25)22-17-8-10-18(11-9-17)29(26,27)24-12-2-3-13-24/h4-11,14H,2-3,12-13H2,1H3,(H,22,25). The van der Waals surface area contributed by atoms with Crippen LogP contribution in [0.5, 0.6) is 0 Å². The Bertz CT molecular complexity index is 1110. The monoisotopic (exact) mass is 427 g/mol. The van der Waals surface area contributed by atoms with E-state index in [2.05, 4.69) is 10.3 Å². The SMILES string of the molecule is Cc1ccc(-c2nc(C(=O)Nc3ccc(S(=O)(=O)N4CCCC4)cc3)cs2)cc1. The molecule has 8 heteroatoms. The first kappa shape index (κ1) is 19.8. The van der Waals surface area contributed by atoms with Crippen LogP contribution in [0.15, 0.2) is 58.8 Å². The first-order valence-electron chi connectivity index (χ1n) is 9.38. The number of hydrogen-bond donors (Lipinski definition) is 1. The van der Waals surface area contributed by atoms with Crippen molar-refractivity contribution in [2.75, 3.05) is 18.4 Å². The third-order valence-electron chi connectivity index (χ3n) is 4.85. The maximum absolute atomic E-state index is 12.6. The topological polar surface area (TPSA) is 79.4 Å². The lowest BCUT2D eigenvalue weighted by Gasteiger charge is -2.15. The number of anilines is 1. The largest absolute Gasteiger partial charge is 0.321 e. The Hall–Kier alpha value is -2.55. The van der Waals surface area contributed by atoms with Gasteiger partial charge in [0, 0.05) is 29.7 Å². The highest BCUT2D eigenvalue weighted by molar-refractivity contribution is 7.89. The highest BCUT2D eigenvalue weighted by atomic mass is 32.2. The van der Waals surface area contributed by atoms with Crippen LogP contribution in [-0.4, -0.2) is 36.7 Å². The van der Waals surface area contributed by atoms with Crippen molar-refractivity contribution < 1.29 is 13.2 Å². The average molecular weight is 428 g/mol. The van der Waals surface area contributed by atoms with E-state index in [-0.39, 0.29) is 10.8 Å². The molecule has 1 amide bonds. The molecule has 1 saturated heterocycles. The number of sulfonamides is 1. The Balaban J connectivity index is 1.45. The number of carbonyl (C=O) groups is 1. The van der Waals surface area contributed by atoms with Crippen LogP contribution in [0.25, 0.3) is 10.6 Å². The van der Waals surface area contributed by atoms with Crippen LogP contribution in [0.4, 0.5) is 5.69 Å². The van der Waals surface area contributed by atoms with Crippen LogP contribution in [0.1, 0.15) is 28.9 Å². The van der Waals surface area contributed by atoms with Crippen molar-refractivity contribution in [2.45, 2.75) is 24.7 Å². The summed E-state index contributed by atoms with van der Waals surface area (Å²) in [6.07, 6.45) is 1.79. The summed E-state index contributed by atoms with van der Waals surface area (Å²) in [7, 11) is -3.46. The Morgan fingerprint density at radius 1 is 1.03 bits per heavy atom. The van der Waals surface area contributed by atoms with Gasteiger partial charge in [0.05, 0.1) is 4.90 Å². The number of rotatable bonds is 5. The van der Waals surface area contributed by atoms with Crippen molar-refractivity contribution in [1.29, 1.82) is 0 Å². The molecule has 1 aromatic heterocycles. The highest BCUT2D eigenvalue weighted by Gasteiger charge is 2.27. The van der Waals surface area contributed by atoms with Crippen LogP contribution in [0.2, 0.25) is 0 Å². The van der Waals surface area contributed by atoms with Crippen LogP contribution in [0, 0.1) is 6.92 Å². The minimum absolute atomic E-state index is 0.243. The summed E-state index contributed by atoms with van der Waals surface area (Å²) in [6, 6.07) is 14.2. The number of hydrogen-bond acceptors (Lipinski definition) is 5. The highest BCUT2D eigenvalue weighted by Crippen LogP contribution is 2.25. The molecule has 1 aliphatic rings. The number of thiazole rings is 1. The van der Waals surface area contributed by atoms with Crippen molar-refractivity contribution >= 4 is 33.0 Å². The van der Waals surface area contributed by atoms with E-state index in [9.17, 15) is 13.2 Å². The quantitative estimate of drug-likeness (QED) is 0.663. The van der Waals surface area contributed by atoms with E-state index in [0.717, 1.165) is 23.4 Å². The molecular weight excluding hydrogens is 406 g/mol. The second kappa shape index (κ2) is 8.06. The molecule has 0 spiro atoms. The average Bonchev–Trinajstić information content (AvgIpc) is 3.42. The zero-order valence-electron chi connectivity index (χ0n) is 16.0. The van der Waals surface area contributed by atoms with E-state index in [0.29, 0.717) is 24.5 Å². The van der Waals surface area contributed by atoms with Crippen molar-refractivity contribution in [3.05, 3.63) is 65.2 Å². The molecule has 1 fully saturated rings. The molecule has 0 unspecified atom stereocenters. The molecular formula is C21H21N3O3S2. The number of aromatic nitrogens is 1. The summed E-state index contributed by atoms with van der Waals surface area (Å²) >= 11 is 1.41. The summed E-state index contributed by atoms with van der Waals surface area (Å²) < 4.78 is 26.7. The van der Waals surface area contributed by atoms with E-state index >= 15 is 0 Å². The van der Waals surface area contributed by atoms with Gasteiger partial charge in [0.2, 0.25) is 10.0 Å². The van der Waals surface area contributed by atoms with Crippen molar-refractivity contribution in [3.63, 3.8) is 0 Å². The molecule has 2 aromatic carbocycles. The normalized spacial score (nSPS) is 14.8. The molecule has 1 aliphatic heterocycles. The van der Waals surface area contributed by atoms with Crippen LogP contribution in [-0.2, 0) is 10.0 Å². The van der Waals surface area contributed by atoms with Crippen molar-refractivity contribution in [1.82, 2.24) is 9.29 Å². The molecule has 0 bridgehead atoms. The third-order valence-corrected chi connectivity index (χ3v) is 7.65. The number of carbonyl (C=O) groups excluding carboxylic acids is 1. The predicted molar refractivity (Wildman–Crippen MR) is 115 cm³/mol. The molecule has 150 valence electrons. The second-order valence-electron chi connectivity index (χ2n) is 6.99. The summed E-state index contributed by atoms with van der Waals surface area (Å²) in [5.41, 5.74) is 2.99. The van der Waals surface area contributed by atoms with Gasteiger partial charge in [0.1, 0.15) is 10.7 Å². The van der Waals surface area contributed by atoms with Gasteiger partial charge in [-0.15, -0.1) is 11.3 Å². The number of amides is 1. The maximum Gasteiger partial charge on any atom is 0.275 e. The lowest BCUT2D eigenvalue weighted by Crippen LogP contribution is -2.27. The summed E-state index contributed by atoms with van der Waals surface area (Å²) in [6.45, 7) is 3.15. The zero-order valence-corrected chi connectivity index (χ0v) is 17.6. The van der Waals surface area contributed by atoms with Gasteiger partial charge in [-0.3, -0.25) is 4.79 Å². The fraction of sp³-hybridized carbons (Fsp3) is 0.238. The van der Waals surface area contributed by atoms with E-state index in [1.54, 1.807) is 17.5 Å². The molecule has 3 aromatic rings. The van der Waals surface area contributed by atoms with Crippen molar-refractivity contribution in [3.8, 4) is 10.6 Å². The van der Waals surface area contributed by atoms with Gasteiger partial charge in [0.25, 0.3) is 5.91 Å². The first-order valence-corrected chi connectivity index (χ1v) is 11.7. The number of nitrogens with zero attached hydrogens (tertiary/aromatic N) is 2. The van der Waals surface area contributed by atoms with E-state index in [1.807, 2.05) is 31.2 Å². The molecule has 0 radical (unpaired) electrons. The van der Waals surface area contributed by atoms with Gasteiger partial charge in [-0.25, -0.2) is 13.4 Å². The Morgan fingerprint density at radius 2 is 1.69 bits per heavy atom. The van der Waals surface area contributed by atoms with E-state index in [4.69, 9.17) is 0 Å². The molecule has 4 rings (SSSR count). The zero-order chi connectivity index (χ0) is 20.4. The molecule has 0 aliphatic carbocycles. The van der Waals surface area contributed by atoms with Crippen molar-refractivity contribution in [2.24, 2.45) is 0 Å². The minimum Gasteiger partial charge on any atom is -0.321 e. The van der Waals surface area contributed by atoms with Gasteiger partial charge >= 0.3 is 0 Å². The lowest BCUT2D eigenvalue weighted by molar-refractivity contribution is 0.102. The lowest BCUT2D eigenvalue weighted by atomic mass is 10.2. The Kier molecular flexibility index (Phi) is 5.49. The molecule has 29 heavy (non-hydrogen) atoms. The first-order chi connectivity index (χ1) is 13.9. The van der Waals surface area contributed by atoms with Crippen LogP contribution >= 0.6 is 11.3 Å². The van der Waals surface area contributed by atoms with Crippen LogP contribution in [0.3, 0.4) is 0 Å². The Morgan fingerprint density at radius 3 is 2.34 bits per heavy atom. The van der Waals surface area contributed by atoms with E-state index in [1.165, 1.54) is 33.3 Å². The smallest absolute Gasteiger partial charge is 0.275 e. The summed E-state index contributed by atoms with van der Waals surface area (Å²) in [4.78, 5) is 17.2. The Labute approximate surface area is 174 Å². The van der Waals surface area contributed by atoms with Gasteiger partial charge in [0.15, 0.2) is 0 Å². The molecule has 2 heterocycles. The molecule has 6 nitrogen and oxygen atoms in total. The number of benzene rings is 2. The number of nitrogens with one attached hydrogen (secondary N) is 1. The van der Waals surface area contributed by atoms with Gasteiger partial charge in [-0.05, 0) is 44.0 Å². The van der Waals surface area contributed by atoms with Gasteiger partial charge in [-0.2, -0.15) is 4.31 Å². The molecule has 0 atom stereocenters. The summed E-state index contributed by atoms with van der Waals surface area (Å²) in [5.74, 6) is -0.324. The third kappa shape index (κ3) is 4.24. The summed E-state index contributed by atoms with van der Waals surface area (Å²) in [5, 5.41) is 5.28. The van der Waals surface area contributed by atoms with Gasteiger partial charge < -0.3 is 5.32 Å². The number of aryl methyl sites for hydroxylation is 1. The maximum atomic E-state index is 12.6. The van der Waals surface area contributed by atoms with Crippen LogP contribution < -0.4 is 5.32 Å².